The van der Waals surface area contributed by atoms with E-state index in [1.165, 1.54) is 0 Å². The number of aliphatic hydroxyl groups excluding tert-OH is 2. The van der Waals surface area contributed by atoms with Crippen LogP contribution >= 0.6 is 0 Å². The van der Waals surface area contributed by atoms with Gasteiger partial charge in [0.2, 0.25) is 0 Å². The first-order chi connectivity index (χ1) is 5.66. The van der Waals surface area contributed by atoms with Crippen molar-refractivity contribution in [1.29, 1.82) is 0 Å². The van der Waals surface area contributed by atoms with Crippen LogP contribution in [-0.4, -0.2) is 26.1 Å². The second-order valence-corrected chi connectivity index (χ2v) is 2.80. The van der Waals surface area contributed by atoms with Gasteiger partial charge in [-0.1, -0.05) is 6.92 Å². The molecule has 2 unspecified atom stereocenters. The molecule has 0 amide bonds. The predicted molar refractivity (Wildman–Crippen MR) is 44.5 cm³/mol. The van der Waals surface area contributed by atoms with Crippen LogP contribution in [0.3, 0.4) is 0 Å². The Balaban J connectivity index is 2.77. The Morgan fingerprint density at radius 2 is 2.25 bits per heavy atom. The van der Waals surface area contributed by atoms with Crippen molar-refractivity contribution < 1.29 is 10.2 Å². The second-order valence-electron chi connectivity index (χ2n) is 2.80. The minimum Gasteiger partial charge on any atom is -0.390 e. The van der Waals surface area contributed by atoms with Gasteiger partial charge >= 0.3 is 0 Å². The highest BCUT2D eigenvalue weighted by Gasteiger charge is 2.18. The molecule has 0 fully saturated rings. The molecule has 4 heteroatoms. The van der Waals surface area contributed by atoms with Gasteiger partial charge in [-0.05, 0) is 12.5 Å². The largest absolute Gasteiger partial charge is 0.390 e. The van der Waals surface area contributed by atoms with Crippen molar-refractivity contribution in [2.45, 2.75) is 25.6 Å². The van der Waals surface area contributed by atoms with E-state index in [0.29, 0.717) is 12.1 Å². The summed E-state index contributed by atoms with van der Waals surface area (Å²) in [5, 5.41) is 22.8. The molecule has 12 heavy (non-hydrogen) atoms. The number of aromatic nitrogens is 2. The zero-order valence-corrected chi connectivity index (χ0v) is 7.31. The molecule has 0 aromatic carbocycles. The maximum absolute atomic E-state index is 9.55. The zero-order chi connectivity index (χ0) is 9.14. The SMILES string of the molecule is CCC(O)C(O)c1ccnn1C. The molecule has 0 aliphatic carbocycles. The molecule has 2 atom stereocenters. The predicted octanol–water partition coefficient (Wildman–Crippen LogP) is 0.224. The summed E-state index contributed by atoms with van der Waals surface area (Å²) < 4.78 is 1.56. The Bertz CT molecular complexity index is 247. The number of aryl methyl sites for hydroxylation is 1. The molecule has 0 aliphatic rings. The van der Waals surface area contributed by atoms with Gasteiger partial charge in [-0.2, -0.15) is 5.10 Å². The Hall–Kier alpha value is -0.870. The molecule has 0 saturated carbocycles. The van der Waals surface area contributed by atoms with Gasteiger partial charge in [0.05, 0.1) is 11.8 Å². The van der Waals surface area contributed by atoms with Gasteiger partial charge in [-0.3, -0.25) is 4.68 Å². The molecule has 68 valence electrons. The molecule has 4 nitrogen and oxygen atoms in total. The normalized spacial score (nSPS) is 16.0. The average molecular weight is 170 g/mol. The first-order valence-corrected chi connectivity index (χ1v) is 4.00. The minimum absolute atomic E-state index is 0.534. The summed E-state index contributed by atoms with van der Waals surface area (Å²) in [5.41, 5.74) is 0.643. The summed E-state index contributed by atoms with van der Waals surface area (Å²) in [7, 11) is 1.74. The molecule has 0 saturated heterocycles. The van der Waals surface area contributed by atoms with E-state index in [0.717, 1.165) is 0 Å². The highest BCUT2D eigenvalue weighted by molar-refractivity contribution is 5.05. The van der Waals surface area contributed by atoms with E-state index < -0.39 is 12.2 Å². The van der Waals surface area contributed by atoms with Gasteiger partial charge in [-0.25, -0.2) is 0 Å². The van der Waals surface area contributed by atoms with Crippen molar-refractivity contribution in [2.24, 2.45) is 7.05 Å². The third-order valence-electron chi connectivity index (χ3n) is 1.94. The van der Waals surface area contributed by atoms with Gasteiger partial charge in [0.25, 0.3) is 0 Å². The Morgan fingerprint density at radius 1 is 1.58 bits per heavy atom. The molecular weight excluding hydrogens is 156 g/mol. The fourth-order valence-corrected chi connectivity index (χ4v) is 1.09. The number of hydrogen-bond donors (Lipinski definition) is 2. The van der Waals surface area contributed by atoms with E-state index in [-0.39, 0.29) is 0 Å². The highest BCUT2D eigenvalue weighted by Crippen LogP contribution is 2.17. The van der Waals surface area contributed by atoms with E-state index >= 15 is 0 Å². The lowest BCUT2D eigenvalue weighted by Crippen LogP contribution is -2.19. The fourth-order valence-electron chi connectivity index (χ4n) is 1.09. The van der Waals surface area contributed by atoms with Crippen molar-refractivity contribution in [3.63, 3.8) is 0 Å². The molecule has 0 spiro atoms. The summed E-state index contributed by atoms with van der Waals surface area (Å²) in [5.74, 6) is 0. The quantitative estimate of drug-likeness (QED) is 0.682. The van der Waals surface area contributed by atoms with Crippen LogP contribution in [0.1, 0.15) is 25.1 Å². The minimum atomic E-state index is -0.831. The lowest BCUT2D eigenvalue weighted by atomic mass is 10.1. The molecule has 1 aromatic heterocycles. The maximum Gasteiger partial charge on any atom is 0.121 e. The van der Waals surface area contributed by atoms with Crippen LogP contribution in [0.25, 0.3) is 0 Å². The van der Waals surface area contributed by atoms with Crippen LogP contribution < -0.4 is 0 Å². The highest BCUT2D eigenvalue weighted by atomic mass is 16.3. The molecular formula is C8H14N2O2. The summed E-state index contributed by atoms with van der Waals surface area (Å²) >= 11 is 0. The van der Waals surface area contributed by atoms with Gasteiger partial charge in [0.1, 0.15) is 6.10 Å². The lowest BCUT2D eigenvalue weighted by molar-refractivity contribution is 0.0117. The van der Waals surface area contributed by atoms with Crippen molar-refractivity contribution in [2.75, 3.05) is 0 Å². The van der Waals surface area contributed by atoms with Crippen LogP contribution in [0.2, 0.25) is 0 Å². The van der Waals surface area contributed by atoms with Crippen LogP contribution in [0.15, 0.2) is 12.3 Å². The number of hydrogen-bond acceptors (Lipinski definition) is 3. The third-order valence-corrected chi connectivity index (χ3v) is 1.94. The first-order valence-electron chi connectivity index (χ1n) is 4.00. The molecule has 0 radical (unpaired) electrons. The summed E-state index contributed by atoms with van der Waals surface area (Å²) in [6.45, 7) is 1.82. The van der Waals surface area contributed by atoms with E-state index in [1.54, 1.807) is 24.0 Å². The third kappa shape index (κ3) is 1.65. The monoisotopic (exact) mass is 170 g/mol. The van der Waals surface area contributed by atoms with Crippen molar-refractivity contribution in [3.8, 4) is 0 Å². The van der Waals surface area contributed by atoms with Crippen molar-refractivity contribution >= 4 is 0 Å². The second kappa shape index (κ2) is 3.69. The molecule has 1 heterocycles. The molecule has 2 N–H and O–H groups in total. The first kappa shape index (κ1) is 9.22. The standard InChI is InChI=1S/C8H14N2O2/c1-3-7(11)8(12)6-4-5-9-10(6)2/h4-5,7-8,11-12H,3H2,1-2H3. The zero-order valence-electron chi connectivity index (χ0n) is 7.31. The van der Waals surface area contributed by atoms with E-state index in [2.05, 4.69) is 5.10 Å². The van der Waals surface area contributed by atoms with Gasteiger partial charge in [0, 0.05) is 13.2 Å². The smallest absolute Gasteiger partial charge is 0.121 e. The fraction of sp³-hybridized carbons (Fsp3) is 0.625. The van der Waals surface area contributed by atoms with Crippen molar-refractivity contribution in [3.05, 3.63) is 18.0 Å². The molecule has 0 bridgehead atoms. The molecule has 0 aliphatic heterocycles. The Kier molecular flexibility index (Phi) is 2.83. The van der Waals surface area contributed by atoms with Gasteiger partial charge in [0.15, 0.2) is 0 Å². The lowest BCUT2D eigenvalue weighted by Gasteiger charge is -2.15. The number of aliphatic hydroxyl groups is 2. The van der Waals surface area contributed by atoms with Gasteiger partial charge in [-0.15, -0.1) is 0 Å². The molecule has 1 rings (SSSR count). The van der Waals surface area contributed by atoms with E-state index in [4.69, 9.17) is 0 Å². The Labute approximate surface area is 71.5 Å². The summed E-state index contributed by atoms with van der Waals surface area (Å²) in [6.07, 6.45) is 0.593. The Morgan fingerprint density at radius 3 is 2.67 bits per heavy atom. The number of rotatable bonds is 3. The van der Waals surface area contributed by atoms with E-state index in [9.17, 15) is 10.2 Å². The topological polar surface area (TPSA) is 58.3 Å². The van der Waals surface area contributed by atoms with Crippen LogP contribution in [0.4, 0.5) is 0 Å². The number of nitrogens with zero attached hydrogens (tertiary/aromatic N) is 2. The maximum atomic E-state index is 9.55. The van der Waals surface area contributed by atoms with Gasteiger partial charge < -0.3 is 10.2 Å². The average Bonchev–Trinajstić information content (AvgIpc) is 2.48. The van der Waals surface area contributed by atoms with E-state index in [1.807, 2.05) is 6.92 Å². The van der Waals surface area contributed by atoms with Crippen LogP contribution in [0.5, 0.6) is 0 Å². The van der Waals surface area contributed by atoms with Crippen LogP contribution in [-0.2, 0) is 7.05 Å². The van der Waals surface area contributed by atoms with Crippen LogP contribution in [0, 0.1) is 0 Å². The summed E-state index contributed by atoms with van der Waals surface area (Å²) in [6, 6.07) is 1.70. The van der Waals surface area contributed by atoms with Crippen molar-refractivity contribution in [1.82, 2.24) is 9.78 Å². The molecule has 1 aromatic rings. The summed E-state index contributed by atoms with van der Waals surface area (Å²) in [4.78, 5) is 0.